The number of carbonyl (C=O) groups excluding carboxylic acids is 1. The van der Waals surface area contributed by atoms with Gasteiger partial charge in [0.15, 0.2) is 0 Å². The average Bonchev–Trinajstić information content (AvgIpc) is 2.53. The molecule has 0 aliphatic heterocycles. The third kappa shape index (κ3) is 4.93. The summed E-state index contributed by atoms with van der Waals surface area (Å²) in [7, 11) is 0. The van der Waals surface area contributed by atoms with Crippen molar-refractivity contribution in [3.8, 4) is 5.75 Å². The summed E-state index contributed by atoms with van der Waals surface area (Å²) in [5.41, 5.74) is 1.84. The van der Waals surface area contributed by atoms with Crippen LogP contribution in [0.5, 0.6) is 5.75 Å². The summed E-state index contributed by atoms with van der Waals surface area (Å²) in [4.78, 5) is 11.2. The zero-order valence-electron chi connectivity index (χ0n) is 12.3. The number of benzene rings is 2. The van der Waals surface area contributed by atoms with Crippen molar-refractivity contribution in [2.45, 2.75) is 13.5 Å². The van der Waals surface area contributed by atoms with Gasteiger partial charge in [0.2, 0.25) is 0 Å². The zero-order valence-corrected chi connectivity index (χ0v) is 13.0. The lowest BCUT2D eigenvalue weighted by atomic mass is 10.2. The van der Waals surface area contributed by atoms with E-state index in [2.05, 4.69) is 0 Å². The lowest BCUT2D eigenvalue weighted by Crippen LogP contribution is -1.98. The van der Waals surface area contributed by atoms with Gasteiger partial charge in [-0.1, -0.05) is 41.9 Å². The lowest BCUT2D eigenvalue weighted by Gasteiger charge is -2.07. The number of halogens is 1. The number of ether oxygens (including phenoxy) is 2. The molecule has 0 aliphatic rings. The van der Waals surface area contributed by atoms with Gasteiger partial charge in [-0.3, -0.25) is 0 Å². The molecule has 22 heavy (non-hydrogen) atoms. The van der Waals surface area contributed by atoms with Gasteiger partial charge in [0.25, 0.3) is 0 Å². The highest BCUT2D eigenvalue weighted by atomic mass is 35.5. The maximum absolute atomic E-state index is 11.2. The van der Waals surface area contributed by atoms with Gasteiger partial charge in [0.1, 0.15) is 12.4 Å². The highest BCUT2D eigenvalue weighted by Crippen LogP contribution is 2.19. The maximum atomic E-state index is 11.2. The molecule has 0 heterocycles. The van der Waals surface area contributed by atoms with Crippen LogP contribution in [0.15, 0.2) is 54.6 Å². The molecule has 0 amide bonds. The van der Waals surface area contributed by atoms with Gasteiger partial charge in [-0.2, -0.15) is 0 Å². The Kier molecular flexibility index (Phi) is 6.04. The molecule has 0 aliphatic carbocycles. The zero-order chi connectivity index (χ0) is 15.8. The van der Waals surface area contributed by atoms with Crippen molar-refractivity contribution in [1.29, 1.82) is 0 Å². The SMILES string of the molecule is CCOC(=O)C=Cc1ccc(OCc2ccccc2Cl)cc1. The first-order chi connectivity index (χ1) is 10.7. The fourth-order valence-electron chi connectivity index (χ4n) is 1.81. The van der Waals surface area contributed by atoms with Crippen LogP contribution < -0.4 is 4.74 Å². The van der Waals surface area contributed by atoms with Crippen LogP contribution >= 0.6 is 11.6 Å². The minimum absolute atomic E-state index is 0.346. The van der Waals surface area contributed by atoms with Gasteiger partial charge in [-0.05, 0) is 36.8 Å². The van der Waals surface area contributed by atoms with Crippen LogP contribution in [-0.2, 0) is 16.1 Å². The molecule has 2 aromatic carbocycles. The maximum Gasteiger partial charge on any atom is 0.330 e. The molecule has 0 spiro atoms. The van der Waals surface area contributed by atoms with E-state index in [1.165, 1.54) is 6.08 Å². The highest BCUT2D eigenvalue weighted by Gasteiger charge is 2.00. The summed E-state index contributed by atoms with van der Waals surface area (Å²) >= 11 is 6.08. The fraction of sp³-hybridized carbons (Fsp3) is 0.167. The second kappa shape index (κ2) is 8.25. The smallest absolute Gasteiger partial charge is 0.330 e. The molecule has 0 aromatic heterocycles. The van der Waals surface area contributed by atoms with Crippen molar-refractivity contribution in [2.24, 2.45) is 0 Å². The van der Waals surface area contributed by atoms with Crippen molar-refractivity contribution >= 4 is 23.6 Å². The summed E-state index contributed by atoms with van der Waals surface area (Å²) < 4.78 is 10.5. The summed E-state index contributed by atoms with van der Waals surface area (Å²) in [5, 5.41) is 0.691. The van der Waals surface area contributed by atoms with E-state index in [9.17, 15) is 4.79 Å². The third-order valence-corrected chi connectivity index (χ3v) is 3.30. The van der Waals surface area contributed by atoms with Crippen molar-refractivity contribution < 1.29 is 14.3 Å². The molecular weight excluding hydrogens is 300 g/mol. The Hall–Kier alpha value is -2.26. The molecule has 2 rings (SSSR count). The van der Waals surface area contributed by atoms with E-state index in [-0.39, 0.29) is 5.97 Å². The van der Waals surface area contributed by atoms with Gasteiger partial charge in [-0.15, -0.1) is 0 Å². The molecule has 0 fully saturated rings. The number of hydrogen-bond acceptors (Lipinski definition) is 3. The summed E-state index contributed by atoms with van der Waals surface area (Å²) in [6, 6.07) is 15.0. The van der Waals surface area contributed by atoms with Crippen LogP contribution in [-0.4, -0.2) is 12.6 Å². The van der Waals surface area contributed by atoms with Crippen molar-refractivity contribution in [3.05, 3.63) is 70.8 Å². The van der Waals surface area contributed by atoms with Crippen LogP contribution in [0, 0.1) is 0 Å². The molecule has 0 atom stereocenters. The Morgan fingerprint density at radius 1 is 1.14 bits per heavy atom. The molecular formula is C18H17ClO3. The van der Waals surface area contributed by atoms with Crippen LogP contribution in [0.3, 0.4) is 0 Å². The van der Waals surface area contributed by atoms with Crippen LogP contribution in [0.1, 0.15) is 18.1 Å². The number of carbonyl (C=O) groups is 1. The molecule has 4 heteroatoms. The van der Waals surface area contributed by atoms with Gasteiger partial charge in [0.05, 0.1) is 6.61 Å². The minimum atomic E-state index is -0.346. The van der Waals surface area contributed by atoms with E-state index in [4.69, 9.17) is 21.1 Å². The molecule has 0 saturated heterocycles. The molecule has 0 saturated carbocycles. The first-order valence-corrected chi connectivity index (χ1v) is 7.38. The second-order valence-electron chi connectivity index (χ2n) is 4.53. The Bertz CT molecular complexity index is 648. The quantitative estimate of drug-likeness (QED) is 0.581. The predicted octanol–water partition coefficient (Wildman–Crippen LogP) is 4.50. The van der Waals surface area contributed by atoms with E-state index in [1.54, 1.807) is 13.0 Å². The summed E-state index contributed by atoms with van der Waals surface area (Å²) in [5.74, 6) is 0.398. The first kappa shape index (κ1) is 16.1. The lowest BCUT2D eigenvalue weighted by molar-refractivity contribution is -0.137. The Morgan fingerprint density at radius 2 is 1.86 bits per heavy atom. The monoisotopic (exact) mass is 316 g/mol. The standard InChI is InChI=1S/C18H17ClO3/c1-2-21-18(20)12-9-14-7-10-16(11-8-14)22-13-15-5-3-4-6-17(15)19/h3-12H,2,13H2,1H3. The van der Waals surface area contributed by atoms with Gasteiger partial charge in [-0.25, -0.2) is 4.79 Å². The number of esters is 1. The van der Waals surface area contributed by atoms with E-state index < -0.39 is 0 Å². The number of hydrogen-bond donors (Lipinski definition) is 0. The van der Waals surface area contributed by atoms with E-state index in [0.29, 0.717) is 18.2 Å². The van der Waals surface area contributed by atoms with E-state index in [0.717, 1.165) is 16.9 Å². The third-order valence-electron chi connectivity index (χ3n) is 2.93. The van der Waals surface area contributed by atoms with Crippen molar-refractivity contribution in [3.63, 3.8) is 0 Å². The molecule has 0 N–H and O–H groups in total. The molecule has 0 bridgehead atoms. The Morgan fingerprint density at radius 3 is 2.55 bits per heavy atom. The first-order valence-electron chi connectivity index (χ1n) is 7.00. The summed E-state index contributed by atoms with van der Waals surface area (Å²) in [6.45, 7) is 2.56. The highest BCUT2D eigenvalue weighted by molar-refractivity contribution is 6.31. The fourth-order valence-corrected chi connectivity index (χ4v) is 2.00. The second-order valence-corrected chi connectivity index (χ2v) is 4.94. The van der Waals surface area contributed by atoms with Gasteiger partial charge < -0.3 is 9.47 Å². The van der Waals surface area contributed by atoms with Crippen LogP contribution in [0.25, 0.3) is 6.08 Å². The Labute approximate surface area is 135 Å². The van der Waals surface area contributed by atoms with E-state index in [1.807, 2.05) is 48.5 Å². The Balaban J connectivity index is 1.92. The predicted molar refractivity (Wildman–Crippen MR) is 87.9 cm³/mol. The molecule has 0 unspecified atom stereocenters. The average molecular weight is 317 g/mol. The number of rotatable bonds is 6. The normalized spacial score (nSPS) is 10.6. The van der Waals surface area contributed by atoms with Gasteiger partial charge in [0, 0.05) is 16.7 Å². The van der Waals surface area contributed by atoms with Crippen molar-refractivity contribution in [2.75, 3.05) is 6.61 Å². The molecule has 114 valence electrons. The topological polar surface area (TPSA) is 35.5 Å². The molecule has 2 aromatic rings. The van der Waals surface area contributed by atoms with Gasteiger partial charge >= 0.3 is 5.97 Å². The minimum Gasteiger partial charge on any atom is -0.489 e. The van der Waals surface area contributed by atoms with Crippen LogP contribution in [0.2, 0.25) is 5.02 Å². The summed E-state index contributed by atoms with van der Waals surface area (Å²) in [6.07, 6.45) is 3.11. The molecule has 0 radical (unpaired) electrons. The molecule has 3 nitrogen and oxygen atoms in total. The van der Waals surface area contributed by atoms with Crippen molar-refractivity contribution in [1.82, 2.24) is 0 Å². The van der Waals surface area contributed by atoms with E-state index >= 15 is 0 Å². The largest absolute Gasteiger partial charge is 0.489 e. The van der Waals surface area contributed by atoms with Crippen LogP contribution in [0.4, 0.5) is 0 Å².